The molecule has 0 aromatic heterocycles. The fourth-order valence-electron chi connectivity index (χ4n) is 3.54. The Bertz CT molecular complexity index is 317. The third-order valence-corrected chi connectivity index (χ3v) is 4.40. The Morgan fingerprint density at radius 3 is 2.05 bits per heavy atom. The van der Waals surface area contributed by atoms with E-state index in [1.54, 1.807) is 7.11 Å². The zero-order valence-corrected chi connectivity index (χ0v) is 14.1. The van der Waals surface area contributed by atoms with Crippen LogP contribution in [0.5, 0.6) is 0 Å². The highest BCUT2D eigenvalue weighted by atomic mass is 19.3. The molecular formula is C16H31F2NO. The van der Waals surface area contributed by atoms with E-state index in [9.17, 15) is 8.78 Å². The lowest BCUT2D eigenvalue weighted by molar-refractivity contribution is -0.188. The Hall–Kier alpha value is -0.220. The standard InChI is InChI=1S/C16H31F2NO/c1-14(2,3)12-10-19(8-9-20-7)11-16(17,18)13(12)15(4,5)6/h12-13H,8-11H2,1-7H3. The van der Waals surface area contributed by atoms with E-state index in [-0.39, 0.29) is 17.9 Å². The predicted octanol–water partition coefficient (Wildman–Crippen LogP) is 3.91. The van der Waals surface area contributed by atoms with Crippen LogP contribution < -0.4 is 0 Å². The quantitative estimate of drug-likeness (QED) is 0.781. The normalized spacial score (nSPS) is 28.6. The summed E-state index contributed by atoms with van der Waals surface area (Å²) in [5.41, 5.74) is -0.526. The van der Waals surface area contributed by atoms with Gasteiger partial charge in [0.1, 0.15) is 0 Å². The molecule has 0 saturated carbocycles. The third kappa shape index (κ3) is 4.14. The van der Waals surface area contributed by atoms with Gasteiger partial charge in [-0.2, -0.15) is 0 Å². The van der Waals surface area contributed by atoms with Gasteiger partial charge in [0.2, 0.25) is 0 Å². The first-order valence-electron chi connectivity index (χ1n) is 7.48. The molecule has 0 aliphatic carbocycles. The molecule has 1 heterocycles. The van der Waals surface area contributed by atoms with E-state index in [0.717, 1.165) is 6.54 Å². The van der Waals surface area contributed by atoms with Gasteiger partial charge in [0, 0.05) is 26.1 Å². The number of hydrogen-bond donors (Lipinski definition) is 0. The highest BCUT2D eigenvalue weighted by Crippen LogP contribution is 2.51. The largest absolute Gasteiger partial charge is 0.383 e. The van der Waals surface area contributed by atoms with E-state index >= 15 is 0 Å². The minimum atomic E-state index is -2.65. The lowest BCUT2D eigenvalue weighted by Crippen LogP contribution is -2.60. The van der Waals surface area contributed by atoms with Crippen LogP contribution in [0.3, 0.4) is 0 Å². The van der Waals surface area contributed by atoms with Crippen molar-refractivity contribution in [2.75, 3.05) is 33.4 Å². The maximum atomic E-state index is 14.7. The number of likely N-dealkylation sites (tertiary alicyclic amines) is 1. The van der Waals surface area contributed by atoms with Gasteiger partial charge in [-0.15, -0.1) is 0 Å². The van der Waals surface area contributed by atoms with Crippen LogP contribution in [-0.2, 0) is 4.74 Å². The Balaban J connectivity index is 3.05. The number of ether oxygens (including phenoxy) is 1. The number of methoxy groups -OCH3 is 1. The first-order valence-corrected chi connectivity index (χ1v) is 7.48. The van der Waals surface area contributed by atoms with Crippen LogP contribution in [0.25, 0.3) is 0 Å². The first-order chi connectivity index (χ1) is 8.89. The molecule has 2 atom stereocenters. The summed E-state index contributed by atoms with van der Waals surface area (Å²) in [6.07, 6.45) is 0. The van der Waals surface area contributed by atoms with Gasteiger partial charge in [-0.25, -0.2) is 8.78 Å². The first kappa shape index (κ1) is 17.8. The number of piperidine rings is 1. The molecule has 20 heavy (non-hydrogen) atoms. The molecular weight excluding hydrogens is 260 g/mol. The van der Waals surface area contributed by atoms with Gasteiger partial charge in [-0.1, -0.05) is 41.5 Å². The minimum absolute atomic E-state index is 0.0249. The van der Waals surface area contributed by atoms with Crippen LogP contribution in [0.1, 0.15) is 41.5 Å². The molecule has 1 aliphatic rings. The van der Waals surface area contributed by atoms with Crippen LogP contribution >= 0.6 is 0 Å². The summed E-state index contributed by atoms with van der Waals surface area (Å²) in [5, 5.41) is 0. The number of nitrogens with zero attached hydrogens (tertiary/aromatic N) is 1. The van der Waals surface area contributed by atoms with E-state index in [2.05, 4.69) is 20.8 Å². The molecule has 0 N–H and O–H groups in total. The van der Waals surface area contributed by atoms with Crippen molar-refractivity contribution < 1.29 is 13.5 Å². The molecule has 4 heteroatoms. The van der Waals surface area contributed by atoms with Crippen molar-refractivity contribution in [2.24, 2.45) is 22.7 Å². The molecule has 120 valence electrons. The molecule has 1 saturated heterocycles. The Labute approximate surface area is 122 Å². The van der Waals surface area contributed by atoms with Crippen molar-refractivity contribution in [3.63, 3.8) is 0 Å². The van der Waals surface area contributed by atoms with Crippen molar-refractivity contribution in [1.29, 1.82) is 0 Å². The maximum absolute atomic E-state index is 14.7. The van der Waals surface area contributed by atoms with Gasteiger partial charge in [0.05, 0.1) is 13.2 Å². The Morgan fingerprint density at radius 1 is 1.10 bits per heavy atom. The molecule has 1 rings (SSSR count). The Morgan fingerprint density at radius 2 is 1.65 bits per heavy atom. The van der Waals surface area contributed by atoms with Crippen LogP contribution in [-0.4, -0.2) is 44.2 Å². The van der Waals surface area contributed by atoms with Gasteiger partial charge >= 0.3 is 0 Å². The molecule has 2 nitrogen and oxygen atoms in total. The highest BCUT2D eigenvalue weighted by molar-refractivity contribution is 5.00. The van der Waals surface area contributed by atoms with E-state index < -0.39 is 17.3 Å². The molecule has 0 amide bonds. The average molecular weight is 291 g/mol. The summed E-state index contributed by atoms with van der Waals surface area (Å²) in [5.74, 6) is -3.26. The van der Waals surface area contributed by atoms with Crippen molar-refractivity contribution in [3.8, 4) is 0 Å². The van der Waals surface area contributed by atoms with E-state index in [1.165, 1.54) is 0 Å². The van der Waals surface area contributed by atoms with Crippen LogP contribution in [0.4, 0.5) is 8.78 Å². The van der Waals surface area contributed by atoms with Crippen LogP contribution in [0.2, 0.25) is 0 Å². The van der Waals surface area contributed by atoms with E-state index in [1.807, 2.05) is 25.7 Å². The van der Waals surface area contributed by atoms with Gasteiger partial charge in [0.25, 0.3) is 5.92 Å². The molecule has 0 spiro atoms. The topological polar surface area (TPSA) is 12.5 Å². The predicted molar refractivity (Wildman–Crippen MR) is 79.2 cm³/mol. The number of hydrogen-bond acceptors (Lipinski definition) is 2. The molecule has 1 aliphatic heterocycles. The second-order valence-electron chi connectivity index (χ2n) is 8.31. The van der Waals surface area contributed by atoms with Crippen molar-refractivity contribution in [2.45, 2.75) is 47.5 Å². The molecule has 2 unspecified atom stereocenters. The van der Waals surface area contributed by atoms with Gasteiger partial charge in [-0.05, 0) is 16.7 Å². The SMILES string of the molecule is COCCN1CC(C(C)(C)C)C(C(C)(C)C)C(F)(F)C1. The highest BCUT2D eigenvalue weighted by Gasteiger charge is 2.56. The summed E-state index contributed by atoms with van der Waals surface area (Å²) in [7, 11) is 1.61. The summed E-state index contributed by atoms with van der Waals surface area (Å²) < 4.78 is 34.5. The third-order valence-electron chi connectivity index (χ3n) is 4.40. The van der Waals surface area contributed by atoms with Crippen LogP contribution in [0, 0.1) is 22.7 Å². The van der Waals surface area contributed by atoms with Gasteiger partial charge in [0.15, 0.2) is 0 Å². The van der Waals surface area contributed by atoms with Crippen LogP contribution in [0.15, 0.2) is 0 Å². The van der Waals surface area contributed by atoms with Crippen molar-refractivity contribution in [1.82, 2.24) is 4.90 Å². The zero-order valence-electron chi connectivity index (χ0n) is 14.1. The summed E-state index contributed by atoms with van der Waals surface area (Å²) in [4.78, 5) is 1.86. The maximum Gasteiger partial charge on any atom is 0.264 e. The van der Waals surface area contributed by atoms with Gasteiger partial charge < -0.3 is 4.74 Å². The molecule has 0 aromatic carbocycles. The van der Waals surface area contributed by atoms with E-state index in [0.29, 0.717) is 13.2 Å². The van der Waals surface area contributed by atoms with Crippen molar-refractivity contribution in [3.05, 3.63) is 0 Å². The fourth-order valence-corrected chi connectivity index (χ4v) is 3.54. The molecule has 0 aromatic rings. The minimum Gasteiger partial charge on any atom is -0.383 e. The average Bonchev–Trinajstić information content (AvgIpc) is 2.20. The zero-order chi connectivity index (χ0) is 15.8. The molecule has 0 radical (unpaired) electrons. The second kappa shape index (κ2) is 5.88. The molecule has 0 bridgehead atoms. The number of alkyl halides is 2. The lowest BCUT2D eigenvalue weighted by atomic mass is 9.60. The van der Waals surface area contributed by atoms with Gasteiger partial charge in [-0.3, -0.25) is 4.90 Å². The molecule has 1 fully saturated rings. The number of halogens is 2. The monoisotopic (exact) mass is 291 g/mol. The summed E-state index contributed by atoms with van der Waals surface area (Å²) in [6.45, 7) is 13.7. The Kier molecular flexibility index (Phi) is 5.24. The lowest BCUT2D eigenvalue weighted by Gasteiger charge is -2.53. The summed E-state index contributed by atoms with van der Waals surface area (Å²) >= 11 is 0. The smallest absolute Gasteiger partial charge is 0.264 e. The number of rotatable bonds is 3. The van der Waals surface area contributed by atoms with E-state index in [4.69, 9.17) is 4.74 Å². The second-order valence-corrected chi connectivity index (χ2v) is 8.31. The van der Waals surface area contributed by atoms with Crippen molar-refractivity contribution >= 4 is 0 Å². The summed E-state index contributed by atoms with van der Waals surface area (Å²) in [6, 6.07) is 0. The fraction of sp³-hybridized carbons (Fsp3) is 1.00.